The van der Waals surface area contributed by atoms with E-state index in [1.807, 2.05) is 18.2 Å². The maximum atomic E-state index is 12.4. The lowest BCUT2D eigenvalue weighted by molar-refractivity contribution is -0.669. The number of benzene rings is 2. The Hall–Kier alpha value is -3.69. The summed E-state index contributed by atoms with van der Waals surface area (Å²) in [6, 6.07) is 16.1. The van der Waals surface area contributed by atoms with E-state index in [9.17, 15) is 10.3 Å². The van der Waals surface area contributed by atoms with Crippen LogP contribution >= 0.6 is 0 Å². The largest absolute Gasteiger partial charge is 0.858 e. The first-order chi connectivity index (χ1) is 16.0. The van der Waals surface area contributed by atoms with Gasteiger partial charge in [0.05, 0.1) is 0 Å². The highest BCUT2D eigenvalue weighted by Gasteiger charge is 2.16. The van der Waals surface area contributed by atoms with E-state index in [0.717, 1.165) is 37.0 Å². The van der Waals surface area contributed by atoms with Crippen molar-refractivity contribution in [3.05, 3.63) is 77.3 Å². The van der Waals surface area contributed by atoms with Crippen LogP contribution < -0.4 is 26.5 Å². The zero-order chi connectivity index (χ0) is 23.2. The van der Waals surface area contributed by atoms with Gasteiger partial charge in [0.1, 0.15) is 11.2 Å². The molecule has 33 heavy (non-hydrogen) atoms. The number of aromatic nitrogens is 2. The Kier molecular flexibility index (Phi) is 7.01. The number of likely N-dealkylation sites (tertiary alicyclic amines) is 1. The summed E-state index contributed by atoms with van der Waals surface area (Å²) in [5.74, 6) is 5.93. The fourth-order valence-corrected chi connectivity index (χ4v) is 3.84. The maximum Gasteiger partial charge on any atom is 0.271 e. The van der Waals surface area contributed by atoms with Crippen LogP contribution in [0.4, 0.5) is 5.69 Å². The summed E-state index contributed by atoms with van der Waals surface area (Å²) in [7, 11) is 2.12. The Balaban J connectivity index is 1.42. The predicted octanol–water partition coefficient (Wildman–Crippen LogP) is 1.19. The highest BCUT2D eigenvalue weighted by Crippen LogP contribution is 2.17. The second kappa shape index (κ2) is 10.3. The summed E-state index contributed by atoms with van der Waals surface area (Å²) in [5, 5.41) is 32.7. The molecule has 0 saturated carbocycles. The molecule has 0 spiro atoms. The number of aliphatic imine (C=N–C) groups is 1. The second-order valence-corrected chi connectivity index (χ2v) is 8.28. The molecule has 1 saturated heterocycles. The standard InChI is InChI=1S/C24H29N7O2/c1-30-12-10-17(11-13-30)15-27-24(32)18-6-8-20(9-7-18)26-16-22(28-25)23-14-19-4-2-3-5-21(19)29-31(23)33/h2-9,14,16-17,26,28H,10-13,15,25H2,1H3,(H,27,32)/p-1. The number of hydrogen-bond donors (Lipinski definition) is 3. The molecule has 4 rings (SSSR count). The molecule has 3 aromatic rings. The van der Waals surface area contributed by atoms with E-state index in [-0.39, 0.29) is 11.6 Å². The van der Waals surface area contributed by atoms with Gasteiger partial charge < -0.3 is 30.9 Å². The third-order valence-electron chi connectivity index (χ3n) is 5.91. The van der Waals surface area contributed by atoms with Gasteiger partial charge >= 0.3 is 0 Å². The maximum absolute atomic E-state index is 12.4. The normalized spacial score (nSPS) is 16.2. The van der Waals surface area contributed by atoms with Gasteiger partial charge in [-0.1, -0.05) is 30.3 Å². The van der Waals surface area contributed by atoms with Crippen molar-refractivity contribution in [2.45, 2.75) is 12.8 Å². The van der Waals surface area contributed by atoms with Crippen molar-refractivity contribution in [2.24, 2.45) is 16.8 Å². The zero-order valence-electron chi connectivity index (χ0n) is 18.6. The monoisotopic (exact) mass is 446 g/mol. The van der Waals surface area contributed by atoms with Gasteiger partial charge in [-0.3, -0.25) is 5.84 Å². The smallest absolute Gasteiger partial charge is 0.271 e. The Labute approximate surface area is 192 Å². The van der Waals surface area contributed by atoms with Crippen LogP contribution in [-0.2, 0) is 0 Å². The second-order valence-electron chi connectivity index (χ2n) is 8.28. The van der Waals surface area contributed by atoms with Gasteiger partial charge in [-0.15, -0.1) is 0 Å². The first-order valence-corrected chi connectivity index (χ1v) is 11.0. The topological polar surface area (TPSA) is 129 Å². The van der Waals surface area contributed by atoms with Gasteiger partial charge in [-0.25, -0.2) is 0 Å². The van der Waals surface area contributed by atoms with Gasteiger partial charge in [0.25, 0.3) is 5.69 Å². The Morgan fingerprint density at radius 2 is 1.94 bits per heavy atom. The summed E-state index contributed by atoms with van der Waals surface area (Å²) in [6.07, 6.45) is 3.74. The summed E-state index contributed by atoms with van der Waals surface area (Å²) in [5.41, 5.74) is 5.08. The number of hydrogen-bond acceptors (Lipinski definition) is 8. The average molecular weight is 447 g/mol. The molecule has 0 bridgehead atoms. The fourth-order valence-electron chi connectivity index (χ4n) is 3.84. The number of anilines is 1. The Morgan fingerprint density at radius 3 is 2.67 bits per heavy atom. The fraction of sp³-hybridized carbons (Fsp3) is 0.292. The van der Waals surface area contributed by atoms with Crippen LogP contribution in [0.1, 0.15) is 24.1 Å². The summed E-state index contributed by atoms with van der Waals surface area (Å²) in [4.78, 5) is 7.11. The minimum absolute atomic E-state index is 0.199. The van der Waals surface area contributed by atoms with Crippen molar-refractivity contribution in [2.75, 3.05) is 32.0 Å². The third kappa shape index (κ3) is 5.57. The molecule has 1 aromatic heterocycles. The van der Waals surface area contributed by atoms with Crippen molar-refractivity contribution in [1.29, 1.82) is 0 Å². The molecule has 0 amide bonds. The van der Waals surface area contributed by atoms with Gasteiger partial charge in [0.2, 0.25) is 0 Å². The van der Waals surface area contributed by atoms with Crippen LogP contribution in [0.15, 0.2) is 65.8 Å². The molecule has 0 radical (unpaired) electrons. The molecule has 1 fully saturated rings. The van der Waals surface area contributed by atoms with Crippen LogP contribution in [0.3, 0.4) is 0 Å². The predicted molar refractivity (Wildman–Crippen MR) is 128 cm³/mol. The molecule has 0 unspecified atom stereocenters. The first kappa shape index (κ1) is 22.5. The lowest BCUT2D eigenvalue weighted by Gasteiger charge is -2.28. The molecule has 9 nitrogen and oxygen atoms in total. The minimum atomic E-state index is -0.199. The SMILES string of the molecule is CN1CCC(CN=C([O-])c2ccc(NC=C(NN)c3cc4ccccc4n[n+]3[O-])cc2)CC1. The Morgan fingerprint density at radius 1 is 1.21 bits per heavy atom. The molecule has 2 heterocycles. The number of fused-ring (bicyclic) bond motifs is 1. The van der Waals surface area contributed by atoms with Crippen LogP contribution in [0.5, 0.6) is 0 Å². The van der Waals surface area contributed by atoms with Crippen molar-refractivity contribution < 1.29 is 9.95 Å². The quantitative estimate of drug-likeness (QED) is 0.124. The van der Waals surface area contributed by atoms with Crippen LogP contribution in [-0.4, -0.2) is 42.6 Å². The first-order valence-electron chi connectivity index (χ1n) is 11.0. The zero-order valence-corrected chi connectivity index (χ0v) is 18.6. The summed E-state index contributed by atoms with van der Waals surface area (Å²) in [6.45, 7) is 2.70. The molecule has 1 aliphatic rings. The number of nitrogens with one attached hydrogen (secondary N) is 2. The van der Waals surface area contributed by atoms with Crippen LogP contribution in [0, 0.1) is 11.1 Å². The molecular formula is C24H28N7O2-. The molecule has 4 N–H and O–H groups in total. The Bertz CT molecular complexity index is 1150. The van der Waals surface area contributed by atoms with Gasteiger partial charge in [-0.2, -0.15) is 0 Å². The van der Waals surface area contributed by atoms with Gasteiger partial charge in [0.15, 0.2) is 0 Å². The third-order valence-corrected chi connectivity index (χ3v) is 5.91. The number of hydrazine groups is 1. The number of nitrogens with two attached hydrogens (primary N) is 1. The number of nitrogens with zero attached hydrogens (tertiary/aromatic N) is 4. The summed E-state index contributed by atoms with van der Waals surface area (Å²) >= 11 is 0. The average Bonchev–Trinajstić information content (AvgIpc) is 2.84. The van der Waals surface area contributed by atoms with E-state index in [0.29, 0.717) is 34.1 Å². The minimum Gasteiger partial charge on any atom is -0.858 e. The molecule has 1 aliphatic heterocycles. The van der Waals surface area contributed by atoms with Crippen molar-refractivity contribution in [3.8, 4) is 0 Å². The molecule has 0 atom stereocenters. The van der Waals surface area contributed by atoms with Crippen LogP contribution in [0.2, 0.25) is 0 Å². The molecule has 172 valence electrons. The van der Waals surface area contributed by atoms with E-state index in [2.05, 4.69) is 32.8 Å². The summed E-state index contributed by atoms with van der Waals surface area (Å²) < 4.78 is 0. The molecule has 0 aliphatic carbocycles. The van der Waals surface area contributed by atoms with E-state index < -0.39 is 0 Å². The highest BCUT2D eigenvalue weighted by atomic mass is 16.5. The molecular weight excluding hydrogens is 418 g/mol. The lowest BCUT2D eigenvalue weighted by Crippen LogP contribution is -2.39. The van der Waals surface area contributed by atoms with Crippen molar-refractivity contribution in [3.63, 3.8) is 0 Å². The van der Waals surface area contributed by atoms with E-state index >= 15 is 0 Å². The van der Waals surface area contributed by atoms with Crippen LogP contribution in [0.25, 0.3) is 16.6 Å². The van der Waals surface area contributed by atoms with E-state index in [4.69, 9.17) is 5.84 Å². The molecule has 2 aromatic carbocycles. The van der Waals surface area contributed by atoms with E-state index in [1.165, 1.54) is 0 Å². The van der Waals surface area contributed by atoms with Gasteiger partial charge in [0, 0.05) is 35.0 Å². The number of rotatable bonds is 7. The van der Waals surface area contributed by atoms with Crippen molar-refractivity contribution in [1.82, 2.24) is 15.4 Å². The number of piperidine rings is 1. The van der Waals surface area contributed by atoms with Gasteiger partial charge in [-0.05, 0) is 73.4 Å². The highest BCUT2D eigenvalue weighted by molar-refractivity contribution is 5.91. The molecule has 9 heteroatoms. The van der Waals surface area contributed by atoms with Crippen molar-refractivity contribution >= 4 is 28.2 Å². The van der Waals surface area contributed by atoms with E-state index in [1.54, 1.807) is 42.6 Å². The lowest BCUT2D eigenvalue weighted by atomic mass is 9.97.